The van der Waals surface area contributed by atoms with Gasteiger partial charge >= 0.3 is 11.9 Å². The molecule has 5 heteroatoms. The summed E-state index contributed by atoms with van der Waals surface area (Å²) in [6, 6.07) is 0. The highest BCUT2D eigenvalue weighted by Crippen LogP contribution is 2.06. The summed E-state index contributed by atoms with van der Waals surface area (Å²) in [5.74, 6) is -1.65. The molecular formula is C5H6O5. The van der Waals surface area contributed by atoms with Crippen LogP contribution in [0.3, 0.4) is 0 Å². The fraction of sp³-hybridized carbons (Fsp3) is 0.600. The lowest BCUT2D eigenvalue weighted by molar-refractivity contribution is -0.217. The van der Waals surface area contributed by atoms with Gasteiger partial charge in [-0.15, -0.1) is 0 Å². The molecule has 0 aromatic rings. The van der Waals surface area contributed by atoms with Gasteiger partial charge in [0.05, 0.1) is 0 Å². The summed E-state index contributed by atoms with van der Waals surface area (Å²) in [4.78, 5) is 20.9. The zero-order chi connectivity index (χ0) is 7.72. The molecule has 1 aliphatic rings. The highest BCUT2D eigenvalue weighted by atomic mass is 16.7. The minimum Gasteiger partial charge on any atom is -0.446 e. The van der Waals surface area contributed by atoms with Gasteiger partial charge in [0.15, 0.2) is 6.10 Å². The van der Waals surface area contributed by atoms with Gasteiger partial charge in [0.1, 0.15) is 0 Å². The molecule has 10 heavy (non-hydrogen) atoms. The van der Waals surface area contributed by atoms with Crippen LogP contribution in [-0.4, -0.2) is 29.4 Å². The van der Waals surface area contributed by atoms with Crippen molar-refractivity contribution in [1.82, 2.24) is 0 Å². The maximum absolute atomic E-state index is 10.5. The van der Waals surface area contributed by atoms with E-state index in [0.29, 0.717) is 0 Å². The smallest absolute Gasteiger partial charge is 0.377 e. The third-order valence-electron chi connectivity index (χ3n) is 1.05. The number of ether oxygens (including phenoxy) is 2. The molecule has 1 fully saturated rings. The Hall–Kier alpha value is -1.10. The van der Waals surface area contributed by atoms with Crippen LogP contribution in [0.15, 0.2) is 0 Å². The summed E-state index contributed by atoms with van der Waals surface area (Å²) < 4.78 is 8.50. The second kappa shape index (κ2) is 2.26. The van der Waals surface area contributed by atoms with Crippen LogP contribution >= 0.6 is 0 Å². The van der Waals surface area contributed by atoms with E-state index in [1.807, 2.05) is 0 Å². The molecule has 1 rings (SSSR count). The fourth-order valence-corrected chi connectivity index (χ4v) is 0.535. The van der Waals surface area contributed by atoms with Gasteiger partial charge < -0.3 is 14.6 Å². The van der Waals surface area contributed by atoms with E-state index in [-0.39, 0.29) is 0 Å². The molecular weight excluding hydrogens is 140 g/mol. The van der Waals surface area contributed by atoms with Gasteiger partial charge in [0.25, 0.3) is 6.29 Å². The number of rotatable bonds is 0. The molecule has 0 aromatic heterocycles. The number of aliphatic hydroxyl groups is 1. The van der Waals surface area contributed by atoms with Crippen molar-refractivity contribution in [1.29, 1.82) is 0 Å². The van der Waals surface area contributed by atoms with Gasteiger partial charge in [0, 0.05) is 0 Å². The number of hydrogen-bond acceptors (Lipinski definition) is 5. The second-order valence-corrected chi connectivity index (χ2v) is 1.87. The third-order valence-corrected chi connectivity index (χ3v) is 1.05. The van der Waals surface area contributed by atoms with E-state index in [2.05, 4.69) is 9.47 Å². The highest BCUT2D eigenvalue weighted by Gasteiger charge is 2.33. The van der Waals surface area contributed by atoms with E-state index >= 15 is 0 Å². The number of carbonyl (C=O) groups is 2. The lowest BCUT2D eigenvalue weighted by atomic mass is 10.4. The first-order chi connectivity index (χ1) is 4.61. The number of aliphatic hydroxyl groups excluding tert-OH is 1. The number of esters is 2. The Balaban J connectivity index is 2.63. The Morgan fingerprint density at radius 2 is 1.90 bits per heavy atom. The maximum Gasteiger partial charge on any atom is 0.377 e. The van der Waals surface area contributed by atoms with Crippen molar-refractivity contribution in [3.63, 3.8) is 0 Å². The van der Waals surface area contributed by atoms with Gasteiger partial charge in [-0.2, -0.15) is 0 Å². The number of cyclic esters (lactones) is 2. The molecule has 56 valence electrons. The van der Waals surface area contributed by atoms with Crippen LogP contribution in [0.5, 0.6) is 0 Å². The second-order valence-electron chi connectivity index (χ2n) is 1.87. The van der Waals surface area contributed by atoms with Crippen LogP contribution in [0.2, 0.25) is 0 Å². The SMILES string of the molecule is CC1OC(=O)C(O)OC1=O. The van der Waals surface area contributed by atoms with Crippen molar-refractivity contribution >= 4 is 11.9 Å². The average molecular weight is 146 g/mol. The summed E-state index contributed by atoms with van der Waals surface area (Å²) in [6.07, 6.45) is -2.65. The van der Waals surface area contributed by atoms with E-state index in [4.69, 9.17) is 5.11 Å². The zero-order valence-corrected chi connectivity index (χ0v) is 5.23. The largest absolute Gasteiger partial charge is 0.446 e. The van der Waals surface area contributed by atoms with E-state index in [9.17, 15) is 9.59 Å². The number of hydrogen-bond donors (Lipinski definition) is 1. The van der Waals surface area contributed by atoms with Gasteiger partial charge in [-0.05, 0) is 6.92 Å². The van der Waals surface area contributed by atoms with E-state index in [1.165, 1.54) is 6.92 Å². The molecule has 0 aliphatic carbocycles. The summed E-state index contributed by atoms with van der Waals surface area (Å²) in [6.45, 7) is 1.37. The van der Waals surface area contributed by atoms with Gasteiger partial charge in [-0.25, -0.2) is 9.59 Å². The molecule has 2 unspecified atom stereocenters. The number of carbonyl (C=O) groups excluding carboxylic acids is 2. The van der Waals surface area contributed by atoms with Crippen LogP contribution in [0.25, 0.3) is 0 Å². The van der Waals surface area contributed by atoms with Crippen LogP contribution in [0.1, 0.15) is 6.92 Å². The van der Waals surface area contributed by atoms with Crippen molar-refractivity contribution in [3.05, 3.63) is 0 Å². The topological polar surface area (TPSA) is 72.8 Å². The summed E-state index contributed by atoms with van der Waals surface area (Å²) >= 11 is 0. The predicted molar refractivity (Wildman–Crippen MR) is 27.7 cm³/mol. The fourth-order valence-electron chi connectivity index (χ4n) is 0.535. The minimum absolute atomic E-state index is 0.730. The standard InChI is InChI=1S/C5H6O5/c1-2-3(6)10-5(8)4(7)9-2/h2,5,8H,1H3. The van der Waals surface area contributed by atoms with Crippen molar-refractivity contribution in [2.45, 2.75) is 19.3 Å². The maximum atomic E-state index is 10.5. The molecule has 0 spiro atoms. The molecule has 0 bridgehead atoms. The molecule has 1 N–H and O–H groups in total. The molecule has 0 aromatic carbocycles. The molecule has 0 amide bonds. The molecule has 1 saturated heterocycles. The van der Waals surface area contributed by atoms with Crippen molar-refractivity contribution in [2.75, 3.05) is 0 Å². The predicted octanol–water partition coefficient (Wildman–Crippen LogP) is -1.21. The van der Waals surface area contributed by atoms with Crippen LogP contribution in [0.4, 0.5) is 0 Å². The first kappa shape index (κ1) is 7.01. The molecule has 0 radical (unpaired) electrons. The van der Waals surface area contributed by atoms with E-state index < -0.39 is 24.3 Å². The average Bonchev–Trinajstić information content (AvgIpc) is 1.84. The van der Waals surface area contributed by atoms with Crippen LogP contribution in [0, 0.1) is 0 Å². The van der Waals surface area contributed by atoms with Gasteiger partial charge in [-0.1, -0.05) is 0 Å². The van der Waals surface area contributed by atoms with Crippen LogP contribution in [-0.2, 0) is 19.1 Å². The zero-order valence-electron chi connectivity index (χ0n) is 5.23. The lowest BCUT2D eigenvalue weighted by Crippen LogP contribution is -2.42. The first-order valence-electron chi connectivity index (χ1n) is 2.70. The Labute approximate surface area is 56.5 Å². The van der Waals surface area contributed by atoms with E-state index in [1.54, 1.807) is 0 Å². The molecule has 2 atom stereocenters. The quantitative estimate of drug-likeness (QED) is 0.434. The van der Waals surface area contributed by atoms with Gasteiger partial charge in [0.2, 0.25) is 0 Å². The Morgan fingerprint density at radius 1 is 1.30 bits per heavy atom. The van der Waals surface area contributed by atoms with Gasteiger partial charge in [-0.3, -0.25) is 0 Å². The summed E-state index contributed by atoms with van der Waals surface area (Å²) in [7, 11) is 0. The monoisotopic (exact) mass is 146 g/mol. The van der Waals surface area contributed by atoms with Crippen LogP contribution < -0.4 is 0 Å². The summed E-state index contributed by atoms with van der Waals surface area (Å²) in [5.41, 5.74) is 0. The first-order valence-corrected chi connectivity index (χ1v) is 2.70. The van der Waals surface area contributed by atoms with Crippen molar-refractivity contribution in [3.8, 4) is 0 Å². The van der Waals surface area contributed by atoms with Crippen molar-refractivity contribution < 1.29 is 24.2 Å². The molecule has 1 heterocycles. The Bertz CT molecular complexity index is 155. The Kier molecular flexibility index (Phi) is 1.58. The lowest BCUT2D eigenvalue weighted by Gasteiger charge is -2.21. The minimum atomic E-state index is -1.75. The van der Waals surface area contributed by atoms with Crippen molar-refractivity contribution in [2.24, 2.45) is 0 Å². The molecule has 0 saturated carbocycles. The van der Waals surface area contributed by atoms with E-state index in [0.717, 1.165) is 0 Å². The normalized spacial score (nSPS) is 33.0. The highest BCUT2D eigenvalue weighted by molar-refractivity contribution is 5.86. The summed E-state index contributed by atoms with van der Waals surface area (Å²) in [5, 5.41) is 8.55. The molecule has 1 aliphatic heterocycles. The Morgan fingerprint density at radius 3 is 2.40 bits per heavy atom. The third kappa shape index (κ3) is 1.08. The molecule has 5 nitrogen and oxygen atoms in total.